The highest BCUT2D eigenvalue weighted by Crippen LogP contribution is 2.28. The van der Waals surface area contributed by atoms with Gasteiger partial charge < -0.3 is 10.1 Å². The summed E-state index contributed by atoms with van der Waals surface area (Å²) in [4.78, 5) is 12.2. The van der Waals surface area contributed by atoms with E-state index in [1.165, 1.54) is 32.4 Å². The highest BCUT2D eigenvalue weighted by Gasteiger charge is 2.24. The predicted molar refractivity (Wildman–Crippen MR) is 103 cm³/mol. The minimum absolute atomic E-state index is 0.0301. The lowest BCUT2D eigenvalue weighted by molar-refractivity contribution is -0.116. The summed E-state index contributed by atoms with van der Waals surface area (Å²) in [5, 5.41) is 3.30. The minimum Gasteiger partial charge on any atom is -0.495 e. The molecule has 6 nitrogen and oxygen atoms in total. The van der Waals surface area contributed by atoms with Crippen molar-refractivity contribution in [2.45, 2.75) is 11.8 Å². The molecule has 140 valence electrons. The second kappa shape index (κ2) is 8.26. The number of benzene rings is 2. The van der Waals surface area contributed by atoms with Crippen LogP contribution in [0.1, 0.15) is 5.56 Å². The number of aryl methyl sites for hydroxylation is 1. The molecule has 1 amide bonds. The quantitative estimate of drug-likeness (QED) is 0.780. The largest absolute Gasteiger partial charge is 0.495 e. The Labute approximate surface area is 162 Å². The maximum absolute atomic E-state index is 12.6. The van der Waals surface area contributed by atoms with Crippen LogP contribution in [0.4, 0.5) is 5.69 Å². The molecule has 0 fully saturated rings. The van der Waals surface area contributed by atoms with E-state index in [4.69, 9.17) is 27.9 Å². The van der Waals surface area contributed by atoms with Crippen LogP contribution in [0, 0.1) is 6.92 Å². The van der Waals surface area contributed by atoms with Crippen LogP contribution in [0.2, 0.25) is 10.0 Å². The van der Waals surface area contributed by atoms with Crippen molar-refractivity contribution in [2.75, 3.05) is 26.0 Å². The summed E-state index contributed by atoms with van der Waals surface area (Å²) in [5.74, 6) is -0.122. The monoisotopic (exact) mass is 416 g/mol. The first-order valence-corrected chi connectivity index (χ1v) is 9.70. The van der Waals surface area contributed by atoms with Crippen LogP contribution in [-0.2, 0) is 14.8 Å². The zero-order valence-electron chi connectivity index (χ0n) is 14.4. The van der Waals surface area contributed by atoms with E-state index >= 15 is 0 Å². The van der Waals surface area contributed by atoms with Gasteiger partial charge in [0.15, 0.2) is 0 Å². The average molecular weight is 417 g/mol. The van der Waals surface area contributed by atoms with E-state index in [1.807, 2.05) is 6.92 Å². The predicted octanol–water partition coefficient (Wildman–Crippen LogP) is 3.57. The average Bonchev–Trinajstić information content (AvgIpc) is 2.57. The summed E-state index contributed by atoms with van der Waals surface area (Å²) in [6, 6.07) is 9.18. The molecule has 9 heteroatoms. The van der Waals surface area contributed by atoms with Gasteiger partial charge in [-0.25, -0.2) is 8.42 Å². The Bertz CT molecular complexity index is 932. The lowest BCUT2D eigenvalue weighted by Crippen LogP contribution is -2.35. The van der Waals surface area contributed by atoms with Crippen molar-refractivity contribution < 1.29 is 17.9 Å². The van der Waals surface area contributed by atoms with Gasteiger partial charge in [-0.1, -0.05) is 29.3 Å². The lowest BCUT2D eigenvalue weighted by atomic mass is 10.2. The fourth-order valence-electron chi connectivity index (χ4n) is 2.19. The van der Waals surface area contributed by atoms with Crippen molar-refractivity contribution in [3.63, 3.8) is 0 Å². The Kier molecular flexibility index (Phi) is 6.52. The Morgan fingerprint density at radius 2 is 1.88 bits per heavy atom. The minimum atomic E-state index is -3.89. The van der Waals surface area contributed by atoms with Gasteiger partial charge >= 0.3 is 0 Å². The topological polar surface area (TPSA) is 75.7 Å². The number of sulfonamides is 1. The molecule has 26 heavy (non-hydrogen) atoms. The Morgan fingerprint density at radius 3 is 2.50 bits per heavy atom. The molecule has 1 N–H and O–H groups in total. The second-order valence-electron chi connectivity index (χ2n) is 5.56. The van der Waals surface area contributed by atoms with E-state index in [-0.39, 0.29) is 16.5 Å². The number of methoxy groups -OCH3 is 1. The molecular formula is C17H18Cl2N2O4S. The van der Waals surface area contributed by atoms with Crippen molar-refractivity contribution in [3.8, 4) is 5.75 Å². The SMILES string of the molecule is COc1ccc(S(=O)(=O)N(C)CC(=O)Nc2cc(Cl)ccc2C)cc1Cl. The molecule has 0 aliphatic carbocycles. The third kappa shape index (κ3) is 4.67. The zero-order chi connectivity index (χ0) is 19.5. The van der Waals surface area contributed by atoms with E-state index in [9.17, 15) is 13.2 Å². The molecule has 2 rings (SSSR count). The number of halogens is 2. The number of carbonyl (C=O) groups excluding carboxylic acids is 1. The van der Waals surface area contributed by atoms with Crippen LogP contribution >= 0.6 is 23.2 Å². The Hall–Kier alpha value is -1.80. The van der Waals surface area contributed by atoms with Crippen LogP contribution in [0.5, 0.6) is 5.75 Å². The number of nitrogens with zero attached hydrogens (tertiary/aromatic N) is 1. The molecule has 0 bridgehead atoms. The van der Waals surface area contributed by atoms with Gasteiger partial charge in [0.25, 0.3) is 0 Å². The highest BCUT2D eigenvalue weighted by atomic mass is 35.5. The Morgan fingerprint density at radius 1 is 1.19 bits per heavy atom. The summed E-state index contributed by atoms with van der Waals surface area (Å²) >= 11 is 11.9. The van der Waals surface area contributed by atoms with Crippen molar-refractivity contribution in [2.24, 2.45) is 0 Å². The van der Waals surface area contributed by atoms with Crippen molar-refractivity contribution in [1.29, 1.82) is 0 Å². The molecule has 0 radical (unpaired) electrons. The van der Waals surface area contributed by atoms with Gasteiger partial charge in [0.1, 0.15) is 5.75 Å². The number of ether oxygens (including phenoxy) is 1. The fraction of sp³-hybridized carbons (Fsp3) is 0.235. The normalized spacial score (nSPS) is 11.5. The number of likely N-dealkylation sites (N-methyl/N-ethyl adjacent to an activating group) is 1. The maximum Gasteiger partial charge on any atom is 0.243 e. The molecule has 0 heterocycles. The first-order valence-electron chi connectivity index (χ1n) is 7.51. The van der Waals surface area contributed by atoms with Crippen LogP contribution < -0.4 is 10.1 Å². The van der Waals surface area contributed by atoms with Crippen molar-refractivity contribution >= 4 is 44.8 Å². The second-order valence-corrected chi connectivity index (χ2v) is 8.45. The molecular weight excluding hydrogens is 399 g/mol. The van der Waals surface area contributed by atoms with Gasteiger partial charge in [0.2, 0.25) is 15.9 Å². The van der Waals surface area contributed by atoms with Gasteiger partial charge in [-0.2, -0.15) is 4.31 Å². The third-order valence-electron chi connectivity index (χ3n) is 3.67. The number of carbonyl (C=O) groups is 1. The summed E-state index contributed by atoms with van der Waals surface area (Å²) in [7, 11) is -1.13. The van der Waals surface area contributed by atoms with Crippen LogP contribution in [0.3, 0.4) is 0 Å². The molecule has 0 atom stereocenters. The summed E-state index contributed by atoms with van der Waals surface area (Å²) in [5.41, 5.74) is 1.34. The highest BCUT2D eigenvalue weighted by molar-refractivity contribution is 7.89. The first-order chi connectivity index (χ1) is 12.1. The van der Waals surface area contributed by atoms with Crippen LogP contribution in [0.25, 0.3) is 0 Å². The van der Waals surface area contributed by atoms with Gasteiger partial charge in [0.05, 0.1) is 23.6 Å². The first kappa shape index (κ1) is 20.5. The van der Waals surface area contributed by atoms with E-state index in [0.29, 0.717) is 16.5 Å². The number of hydrogen-bond donors (Lipinski definition) is 1. The maximum atomic E-state index is 12.6. The van der Waals surface area contributed by atoms with Crippen LogP contribution in [0.15, 0.2) is 41.3 Å². The van der Waals surface area contributed by atoms with Crippen molar-refractivity contribution in [3.05, 3.63) is 52.0 Å². The summed E-state index contributed by atoms with van der Waals surface area (Å²) in [6.07, 6.45) is 0. The molecule has 0 saturated carbocycles. The van der Waals surface area contributed by atoms with E-state index in [2.05, 4.69) is 5.32 Å². The van der Waals surface area contributed by atoms with Gasteiger partial charge in [0, 0.05) is 17.8 Å². The van der Waals surface area contributed by atoms with E-state index < -0.39 is 15.9 Å². The molecule has 0 saturated heterocycles. The summed E-state index contributed by atoms with van der Waals surface area (Å²) in [6.45, 7) is 1.45. The number of hydrogen-bond acceptors (Lipinski definition) is 4. The van der Waals surface area contributed by atoms with E-state index in [1.54, 1.807) is 18.2 Å². The molecule has 0 aliphatic rings. The fourth-order valence-corrected chi connectivity index (χ4v) is 3.84. The van der Waals surface area contributed by atoms with E-state index in [0.717, 1.165) is 9.87 Å². The third-order valence-corrected chi connectivity index (χ3v) is 6.00. The molecule has 2 aromatic carbocycles. The number of amides is 1. The molecule has 0 unspecified atom stereocenters. The summed E-state index contributed by atoms with van der Waals surface area (Å²) < 4.78 is 31.2. The van der Waals surface area contributed by atoms with Gasteiger partial charge in [-0.15, -0.1) is 0 Å². The zero-order valence-corrected chi connectivity index (χ0v) is 16.7. The number of anilines is 1. The Balaban J connectivity index is 2.14. The molecule has 0 spiro atoms. The van der Waals surface area contributed by atoms with Gasteiger partial charge in [-0.3, -0.25) is 4.79 Å². The standard InChI is InChI=1S/C17H18Cl2N2O4S/c1-11-4-5-12(18)8-15(11)20-17(22)10-21(2)26(23,24)13-6-7-16(25-3)14(19)9-13/h4-9H,10H2,1-3H3,(H,20,22). The van der Waals surface area contributed by atoms with Crippen molar-refractivity contribution in [1.82, 2.24) is 4.31 Å². The lowest BCUT2D eigenvalue weighted by Gasteiger charge is -2.18. The van der Waals surface area contributed by atoms with Gasteiger partial charge in [-0.05, 0) is 42.8 Å². The van der Waals surface area contributed by atoms with Crippen LogP contribution in [-0.4, -0.2) is 39.3 Å². The molecule has 0 aliphatic heterocycles. The number of rotatable bonds is 6. The molecule has 0 aromatic heterocycles. The smallest absolute Gasteiger partial charge is 0.243 e. The number of nitrogens with one attached hydrogen (secondary N) is 1. The molecule has 2 aromatic rings.